The fraction of sp³-hybridized carbons (Fsp3) is 0.621. The van der Waals surface area contributed by atoms with Gasteiger partial charge in [-0.15, -0.1) is 0 Å². The number of nitrogens with zero attached hydrogens (tertiary/aromatic N) is 4. The highest BCUT2D eigenvalue weighted by Gasteiger charge is 2.55. The molecule has 3 aliphatic heterocycles. The molecule has 4 aliphatic rings. The summed E-state index contributed by atoms with van der Waals surface area (Å²) in [5.74, 6) is 0.230. The molecule has 8 nitrogen and oxygen atoms in total. The van der Waals surface area contributed by atoms with Crippen LogP contribution in [-0.4, -0.2) is 87.1 Å². The average Bonchev–Trinajstić information content (AvgIpc) is 3.24. The molecule has 2 N–H and O–H groups in total. The first kappa shape index (κ1) is 27.2. The summed E-state index contributed by atoms with van der Waals surface area (Å²) < 4.78 is 0. The summed E-state index contributed by atoms with van der Waals surface area (Å²) in [6.45, 7) is 7.26. The van der Waals surface area contributed by atoms with E-state index in [-0.39, 0.29) is 24.0 Å². The minimum Gasteiger partial charge on any atom is -0.393 e. The summed E-state index contributed by atoms with van der Waals surface area (Å²) in [4.78, 5) is 38.4. The van der Waals surface area contributed by atoms with E-state index < -0.39 is 11.1 Å². The number of carbonyl (C=O) groups excluding carboxylic acids is 2. The fourth-order valence-electron chi connectivity index (χ4n) is 6.84. The molecule has 2 atom stereocenters. The minimum atomic E-state index is -1.06. The van der Waals surface area contributed by atoms with E-state index in [1.807, 2.05) is 43.2 Å². The first-order valence-corrected chi connectivity index (χ1v) is 14.5. The van der Waals surface area contributed by atoms with Crippen molar-refractivity contribution in [1.82, 2.24) is 25.0 Å². The van der Waals surface area contributed by atoms with Crippen LogP contribution in [0.25, 0.3) is 5.57 Å². The second-order valence-electron chi connectivity index (χ2n) is 11.2. The number of likely N-dealkylation sites (tertiary alicyclic amines) is 2. The number of likely N-dealkylation sites (N-methyl/N-ethyl adjacent to an activating group) is 1. The van der Waals surface area contributed by atoms with Gasteiger partial charge in [0.05, 0.1) is 16.5 Å². The van der Waals surface area contributed by atoms with Gasteiger partial charge in [0.15, 0.2) is 5.66 Å². The third-order valence-corrected chi connectivity index (χ3v) is 9.30. The molecule has 2 unspecified atom stereocenters. The van der Waals surface area contributed by atoms with Crippen molar-refractivity contribution in [2.24, 2.45) is 5.41 Å². The molecular formula is C29H40ClN5O3. The topological polar surface area (TPSA) is 89.0 Å². The van der Waals surface area contributed by atoms with Gasteiger partial charge in [0.25, 0.3) is 5.91 Å². The van der Waals surface area contributed by atoms with Crippen LogP contribution in [0.5, 0.6) is 0 Å². The molecule has 9 heteroatoms. The maximum atomic E-state index is 14.1. The Kier molecular flexibility index (Phi) is 7.85. The number of allylic oxidation sites excluding steroid dienone is 2. The Hall–Kier alpha value is -2.42. The van der Waals surface area contributed by atoms with Gasteiger partial charge in [-0.25, -0.2) is 0 Å². The van der Waals surface area contributed by atoms with Crippen molar-refractivity contribution in [2.75, 3.05) is 32.7 Å². The Morgan fingerprint density at radius 3 is 2.61 bits per heavy atom. The zero-order chi connectivity index (χ0) is 26.9. The molecule has 0 bridgehead atoms. The van der Waals surface area contributed by atoms with Gasteiger partial charge in [0.2, 0.25) is 5.91 Å². The van der Waals surface area contributed by atoms with E-state index >= 15 is 0 Å². The molecule has 38 heavy (non-hydrogen) atoms. The van der Waals surface area contributed by atoms with E-state index in [4.69, 9.17) is 11.6 Å². The zero-order valence-corrected chi connectivity index (χ0v) is 23.3. The number of hydrogen-bond acceptors (Lipinski definition) is 6. The van der Waals surface area contributed by atoms with Gasteiger partial charge in [0.1, 0.15) is 0 Å². The average molecular weight is 542 g/mol. The molecule has 5 rings (SSSR count). The highest BCUT2D eigenvalue weighted by atomic mass is 35.5. The molecular weight excluding hydrogens is 502 g/mol. The molecule has 1 saturated carbocycles. The van der Waals surface area contributed by atoms with Crippen LogP contribution in [-0.2, 0) is 9.59 Å². The molecule has 0 radical (unpaired) electrons. The summed E-state index contributed by atoms with van der Waals surface area (Å²) in [5, 5.41) is 14.0. The number of aliphatic hydroxyl groups excluding tert-OH is 1. The van der Waals surface area contributed by atoms with Gasteiger partial charge < -0.3 is 20.2 Å². The number of pyridine rings is 1. The lowest BCUT2D eigenvalue weighted by Gasteiger charge is -2.50. The van der Waals surface area contributed by atoms with Crippen molar-refractivity contribution in [3.05, 3.63) is 47.4 Å². The predicted molar refractivity (Wildman–Crippen MR) is 148 cm³/mol. The van der Waals surface area contributed by atoms with E-state index in [0.717, 1.165) is 69.2 Å². The number of aliphatic hydroxyl groups is 1. The Morgan fingerprint density at radius 2 is 1.95 bits per heavy atom. The monoisotopic (exact) mass is 541 g/mol. The van der Waals surface area contributed by atoms with Crippen molar-refractivity contribution in [3.8, 4) is 0 Å². The van der Waals surface area contributed by atoms with E-state index in [1.165, 1.54) is 0 Å². The molecule has 2 saturated heterocycles. The summed E-state index contributed by atoms with van der Waals surface area (Å²) in [5.41, 5.74) is 0.246. The third-order valence-electron chi connectivity index (χ3n) is 9.10. The van der Waals surface area contributed by atoms with E-state index in [2.05, 4.69) is 20.1 Å². The smallest absolute Gasteiger partial charge is 0.267 e. The summed E-state index contributed by atoms with van der Waals surface area (Å²) in [6.07, 6.45) is 14.7. The van der Waals surface area contributed by atoms with Crippen molar-refractivity contribution >= 4 is 29.0 Å². The number of aromatic nitrogens is 1. The standard InChI is InChI=1S/C29H40ClN5O3/c1-3-33(4-2)27(38)29(12-10-21(18-32-29)22-16-23(30)19-31-17-22)34-14-5-11-28(20-34)13-15-35(26(28)37)24-6-8-25(36)9-7-24/h10,12,16-19,24-25,32,36H,3-9,11,13-15,20H2,1-2H3. The zero-order valence-electron chi connectivity index (χ0n) is 22.5. The third kappa shape index (κ3) is 4.87. The fourth-order valence-corrected chi connectivity index (χ4v) is 7.01. The second-order valence-corrected chi connectivity index (χ2v) is 11.7. The van der Waals surface area contributed by atoms with Crippen LogP contribution in [0.4, 0.5) is 0 Å². The number of carbonyl (C=O) groups is 2. The number of piperidine rings is 1. The van der Waals surface area contributed by atoms with E-state index in [0.29, 0.717) is 24.7 Å². The lowest BCUT2D eigenvalue weighted by molar-refractivity contribution is -0.151. The Morgan fingerprint density at radius 1 is 1.18 bits per heavy atom. The van der Waals surface area contributed by atoms with Gasteiger partial charge in [-0.3, -0.25) is 19.5 Å². The molecule has 206 valence electrons. The van der Waals surface area contributed by atoms with Crippen LogP contribution >= 0.6 is 11.6 Å². The SMILES string of the molecule is CCN(CC)C(=O)C1(N2CCCC3(CCN(C4CCC(O)CC4)C3=O)C2)C=CC(c2cncc(Cl)c2)=CN1. The number of rotatable bonds is 6. The van der Waals surface area contributed by atoms with Crippen LogP contribution < -0.4 is 5.32 Å². The normalized spacial score (nSPS) is 31.8. The highest BCUT2D eigenvalue weighted by Crippen LogP contribution is 2.44. The van der Waals surface area contributed by atoms with Crippen LogP contribution in [0, 0.1) is 5.41 Å². The Balaban J connectivity index is 1.41. The van der Waals surface area contributed by atoms with Gasteiger partial charge in [-0.2, -0.15) is 0 Å². The number of hydrogen-bond donors (Lipinski definition) is 2. The largest absolute Gasteiger partial charge is 0.393 e. The maximum Gasteiger partial charge on any atom is 0.267 e. The second kappa shape index (κ2) is 11.0. The number of dihydropyridines is 1. The maximum absolute atomic E-state index is 14.1. The van der Waals surface area contributed by atoms with Crippen LogP contribution in [0.2, 0.25) is 5.02 Å². The number of halogens is 1. The van der Waals surface area contributed by atoms with E-state index in [1.54, 1.807) is 12.4 Å². The van der Waals surface area contributed by atoms with Crippen molar-refractivity contribution in [2.45, 2.75) is 76.6 Å². The van der Waals surface area contributed by atoms with Crippen molar-refractivity contribution in [1.29, 1.82) is 0 Å². The Labute approximate surface area is 230 Å². The molecule has 2 amide bonds. The van der Waals surface area contributed by atoms with E-state index in [9.17, 15) is 14.7 Å². The van der Waals surface area contributed by atoms with Crippen LogP contribution in [0.1, 0.15) is 64.4 Å². The Bertz CT molecular complexity index is 1110. The lowest BCUT2D eigenvalue weighted by atomic mass is 9.77. The molecule has 0 aromatic carbocycles. The lowest BCUT2D eigenvalue weighted by Crippen LogP contribution is -2.69. The summed E-state index contributed by atoms with van der Waals surface area (Å²) in [7, 11) is 0. The quantitative estimate of drug-likeness (QED) is 0.574. The predicted octanol–water partition coefficient (Wildman–Crippen LogP) is 3.42. The highest BCUT2D eigenvalue weighted by molar-refractivity contribution is 6.30. The molecule has 1 aromatic rings. The molecule has 1 aliphatic carbocycles. The van der Waals surface area contributed by atoms with Gasteiger partial charge in [-0.05, 0) is 76.5 Å². The first-order valence-electron chi connectivity index (χ1n) is 14.1. The molecule has 1 aromatic heterocycles. The molecule has 3 fully saturated rings. The number of amides is 2. The van der Waals surface area contributed by atoms with Gasteiger partial charge in [0, 0.05) is 62.9 Å². The van der Waals surface area contributed by atoms with Crippen molar-refractivity contribution < 1.29 is 14.7 Å². The molecule has 1 spiro atoms. The summed E-state index contributed by atoms with van der Waals surface area (Å²) in [6, 6.07) is 2.08. The molecule has 4 heterocycles. The first-order chi connectivity index (χ1) is 18.3. The minimum absolute atomic E-state index is 0.00103. The van der Waals surface area contributed by atoms with Gasteiger partial charge >= 0.3 is 0 Å². The van der Waals surface area contributed by atoms with Crippen molar-refractivity contribution in [3.63, 3.8) is 0 Å². The van der Waals surface area contributed by atoms with Crippen LogP contribution in [0.3, 0.4) is 0 Å². The number of nitrogens with one attached hydrogen (secondary N) is 1. The van der Waals surface area contributed by atoms with Gasteiger partial charge in [-0.1, -0.05) is 17.7 Å². The van der Waals surface area contributed by atoms with Crippen LogP contribution in [0.15, 0.2) is 36.8 Å². The summed E-state index contributed by atoms with van der Waals surface area (Å²) >= 11 is 6.18.